The van der Waals surface area contributed by atoms with Gasteiger partial charge in [0.1, 0.15) is 6.10 Å². The van der Waals surface area contributed by atoms with Crippen LogP contribution in [0.2, 0.25) is 0 Å². The van der Waals surface area contributed by atoms with Crippen LogP contribution in [0.5, 0.6) is 0 Å². The van der Waals surface area contributed by atoms with E-state index in [1.165, 1.54) is 141 Å². The average molecular weight is 870 g/mol. The van der Waals surface area contributed by atoms with Crippen LogP contribution >= 0.6 is 0 Å². The van der Waals surface area contributed by atoms with E-state index < -0.39 is 18.2 Å². The number of carbonyl (C=O) groups excluding carboxylic acids is 2. The number of amides is 1. The van der Waals surface area contributed by atoms with Gasteiger partial charge in [0.05, 0.1) is 25.2 Å². The Morgan fingerprint density at radius 1 is 0.484 bits per heavy atom. The zero-order chi connectivity index (χ0) is 45.2. The molecule has 0 fully saturated rings. The number of allylic oxidation sites excluding steroid dienone is 8. The van der Waals surface area contributed by atoms with Crippen molar-refractivity contribution in [3.05, 3.63) is 48.6 Å². The quantitative estimate of drug-likeness (QED) is 0.0322. The molecule has 0 aromatic carbocycles. The van der Waals surface area contributed by atoms with Crippen LogP contribution in [0.15, 0.2) is 48.6 Å². The van der Waals surface area contributed by atoms with Gasteiger partial charge in [0, 0.05) is 6.42 Å². The van der Waals surface area contributed by atoms with Crippen LogP contribution in [0.25, 0.3) is 0 Å². The number of hydrogen-bond donors (Lipinski definition) is 3. The Balaban J connectivity index is 4.61. The Morgan fingerprint density at radius 2 is 0.871 bits per heavy atom. The van der Waals surface area contributed by atoms with E-state index >= 15 is 0 Å². The minimum absolute atomic E-state index is 0.0674. The number of rotatable bonds is 48. The Labute approximate surface area is 385 Å². The van der Waals surface area contributed by atoms with Gasteiger partial charge in [-0.25, -0.2) is 0 Å². The van der Waals surface area contributed by atoms with Crippen LogP contribution in [0.4, 0.5) is 0 Å². The summed E-state index contributed by atoms with van der Waals surface area (Å²) >= 11 is 0. The third-order valence-electron chi connectivity index (χ3n) is 12.2. The topological polar surface area (TPSA) is 95.9 Å². The molecule has 6 heteroatoms. The van der Waals surface area contributed by atoms with Crippen molar-refractivity contribution in [2.75, 3.05) is 6.61 Å². The molecule has 0 saturated carbocycles. The van der Waals surface area contributed by atoms with E-state index in [1.807, 2.05) is 0 Å². The highest BCUT2D eigenvalue weighted by molar-refractivity contribution is 5.77. The Morgan fingerprint density at radius 3 is 1.31 bits per heavy atom. The summed E-state index contributed by atoms with van der Waals surface area (Å²) in [5, 5.41) is 23.8. The molecule has 0 aliphatic heterocycles. The van der Waals surface area contributed by atoms with Crippen LogP contribution in [0.1, 0.15) is 271 Å². The van der Waals surface area contributed by atoms with Gasteiger partial charge in [-0.15, -0.1) is 0 Å². The van der Waals surface area contributed by atoms with E-state index in [1.54, 1.807) is 0 Å². The zero-order valence-electron chi connectivity index (χ0n) is 41.3. The number of hydrogen-bond acceptors (Lipinski definition) is 5. The van der Waals surface area contributed by atoms with Crippen molar-refractivity contribution < 1.29 is 24.5 Å². The third-order valence-corrected chi connectivity index (χ3v) is 12.2. The predicted octanol–water partition coefficient (Wildman–Crippen LogP) is 16.2. The summed E-state index contributed by atoms with van der Waals surface area (Å²) in [6.07, 6.45) is 60.3. The normalized spacial score (nSPS) is 13.6. The molecule has 62 heavy (non-hydrogen) atoms. The van der Waals surface area contributed by atoms with Gasteiger partial charge in [-0.2, -0.15) is 0 Å². The first-order valence-electron chi connectivity index (χ1n) is 26.9. The number of carbonyl (C=O) groups is 2. The van der Waals surface area contributed by atoms with Crippen LogP contribution in [0, 0.1) is 0 Å². The highest BCUT2D eigenvalue weighted by atomic mass is 16.5. The van der Waals surface area contributed by atoms with Gasteiger partial charge in [-0.1, -0.05) is 243 Å². The number of esters is 1. The first-order chi connectivity index (χ1) is 30.5. The highest BCUT2D eigenvalue weighted by Gasteiger charge is 2.24. The molecule has 362 valence electrons. The maximum Gasteiger partial charge on any atom is 0.306 e. The molecule has 0 spiro atoms. The van der Waals surface area contributed by atoms with Gasteiger partial charge < -0.3 is 20.3 Å². The lowest BCUT2D eigenvalue weighted by molar-refractivity contribution is -0.151. The van der Waals surface area contributed by atoms with E-state index in [0.717, 1.165) is 83.5 Å². The molecule has 3 N–H and O–H groups in total. The van der Waals surface area contributed by atoms with E-state index in [0.29, 0.717) is 19.3 Å². The van der Waals surface area contributed by atoms with Crippen molar-refractivity contribution in [3.8, 4) is 0 Å². The molecule has 0 heterocycles. The van der Waals surface area contributed by atoms with Gasteiger partial charge >= 0.3 is 5.97 Å². The van der Waals surface area contributed by atoms with Gasteiger partial charge in [0.25, 0.3) is 0 Å². The summed E-state index contributed by atoms with van der Waals surface area (Å²) in [6.45, 7) is 6.38. The van der Waals surface area contributed by atoms with Gasteiger partial charge in [0.15, 0.2) is 0 Å². The molecule has 0 aliphatic rings. The number of aliphatic hydroxyl groups is 2. The molecule has 0 aliphatic carbocycles. The third kappa shape index (κ3) is 44.4. The molecule has 0 aromatic rings. The lowest BCUT2D eigenvalue weighted by Gasteiger charge is -2.24. The molecule has 0 radical (unpaired) electrons. The maximum absolute atomic E-state index is 13.2. The molecule has 0 saturated heterocycles. The van der Waals surface area contributed by atoms with Crippen molar-refractivity contribution in [2.45, 2.75) is 289 Å². The summed E-state index contributed by atoms with van der Waals surface area (Å²) in [6, 6.07) is -0.706. The van der Waals surface area contributed by atoms with Crippen molar-refractivity contribution in [3.63, 3.8) is 0 Å². The standard InChI is InChI=1S/C56H103NO5/c1-4-7-10-13-16-19-22-24-26-28-30-33-35-38-41-44-47-52(62-56(61)49-46-43-40-37-34-31-29-27-25-23-20-17-14-11-8-5-2)50-55(60)57-53(51-58)54(59)48-45-42-39-36-32-21-18-15-12-9-6-3/h8,11,17,20,25,27,31,34,52-54,58-59H,4-7,9-10,12-16,18-19,21-24,26,28-30,32-33,35-51H2,1-3H3,(H,57,60)/b11-8+,20-17+,27-25+,34-31+. The van der Waals surface area contributed by atoms with E-state index in [2.05, 4.69) is 74.7 Å². The Bertz CT molecular complexity index is 1070. The monoisotopic (exact) mass is 870 g/mol. The van der Waals surface area contributed by atoms with Crippen molar-refractivity contribution >= 4 is 11.9 Å². The summed E-state index contributed by atoms with van der Waals surface area (Å²) in [5.41, 5.74) is 0. The van der Waals surface area contributed by atoms with Crippen LogP contribution < -0.4 is 5.32 Å². The molecule has 6 nitrogen and oxygen atoms in total. The number of nitrogens with one attached hydrogen (secondary N) is 1. The fraction of sp³-hybridized carbons (Fsp3) is 0.821. The molecule has 0 aromatic heterocycles. The fourth-order valence-electron chi connectivity index (χ4n) is 8.13. The second-order valence-electron chi connectivity index (χ2n) is 18.3. The van der Waals surface area contributed by atoms with E-state index in [-0.39, 0.29) is 24.9 Å². The molecule has 1 amide bonds. The van der Waals surface area contributed by atoms with Gasteiger partial charge in [0.2, 0.25) is 5.91 Å². The van der Waals surface area contributed by atoms with Crippen molar-refractivity contribution in [2.24, 2.45) is 0 Å². The fourth-order valence-corrected chi connectivity index (χ4v) is 8.13. The number of ether oxygens (including phenoxy) is 1. The first-order valence-corrected chi connectivity index (χ1v) is 26.9. The second kappa shape index (κ2) is 49.8. The minimum atomic E-state index is -0.791. The van der Waals surface area contributed by atoms with Gasteiger partial charge in [-0.3, -0.25) is 9.59 Å². The average Bonchev–Trinajstić information content (AvgIpc) is 3.26. The van der Waals surface area contributed by atoms with Gasteiger partial charge in [-0.05, 0) is 64.2 Å². The second-order valence-corrected chi connectivity index (χ2v) is 18.3. The van der Waals surface area contributed by atoms with Crippen LogP contribution in [-0.2, 0) is 14.3 Å². The van der Waals surface area contributed by atoms with E-state index in [9.17, 15) is 19.8 Å². The molecule has 3 atom stereocenters. The minimum Gasteiger partial charge on any atom is -0.462 e. The summed E-state index contributed by atoms with van der Waals surface area (Å²) in [4.78, 5) is 26.2. The SMILES string of the molecule is CC/C=C/C/C=C/C/C=C/C/C=C/CCCCCC(=O)OC(CCCCCCCCCCCCCCCCCC)CC(=O)NC(CO)C(O)CCCCCCCCCCCCC. The molecular weight excluding hydrogens is 767 g/mol. The van der Waals surface area contributed by atoms with E-state index in [4.69, 9.17) is 4.74 Å². The highest BCUT2D eigenvalue weighted by Crippen LogP contribution is 2.18. The van der Waals surface area contributed by atoms with Crippen molar-refractivity contribution in [1.82, 2.24) is 5.32 Å². The smallest absolute Gasteiger partial charge is 0.306 e. The number of unbranched alkanes of at least 4 members (excludes halogenated alkanes) is 28. The lowest BCUT2D eigenvalue weighted by atomic mass is 10.0. The largest absolute Gasteiger partial charge is 0.462 e. The summed E-state index contributed by atoms with van der Waals surface area (Å²) in [7, 11) is 0. The summed E-state index contributed by atoms with van der Waals surface area (Å²) in [5.74, 6) is -0.500. The van der Waals surface area contributed by atoms with Crippen LogP contribution in [0.3, 0.4) is 0 Å². The first kappa shape index (κ1) is 59.8. The predicted molar refractivity (Wildman–Crippen MR) is 269 cm³/mol. The van der Waals surface area contributed by atoms with Crippen LogP contribution in [-0.4, -0.2) is 46.9 Å². The Hall–Kier alpha value is -2.18. The Kier molecular flexibility index (Phi) is 48.1. The number of aliphatic hydroxyl groups excluding tert-OH is 2. The molecule has 0 rings (SSSR count). The summed E-state index contributed by atoms with van der Waals surface area (Å²) < 4.78 is 5.94. The molecule has 0 bridgehead atoms. The zero-order valence-corrected chi connectivity index (χ0v) is 41.3. The maximum atomic E-state index is 13.2. The lowest BCUT2D eigenvalue weighted by Crippen LogP contribution is -2.46. The molecular formula is C56H103NO5. The van der Waals surface area contributed by atoms with Crippen molar-refractivity contribution in [1.29, 1.82) is 0 Å². The molecule has 3 unspecified atom stereocenters.